The van der Waals surface area contributed by atoms with E-state index in [1.165, 1.54) is 11.1 Å². The van der Waals surface area contributed by atoms with E-state index in [0.29, 0.717) is 24.0 Å². The molecule has 2 saturated heterocycles. The van der Waals surface area contributed by atoms with Gasteiger partial charge in [-0.05, 0) is 52.1 Å². The van der Waals surface area contributed by atoms with Crippen molar-refractivity contribution < 1.29 is 4.74 Å². The van der Waals surface area contributed by atoms with Crippen molar-refractivity contribution in [2.24, 2.45) is 5.92 Å². The third-order valence-corrected chi connectivity index (χ3v) is 8.33. The van der Waals surface area contributed by atoms with E-state index in [9.17, 15) is 0 Å². The van der Waals surface area contributed by atoms with Gasteiger partial charge in [-0.15, -0.1) is 0 Å². The first-order valence-corrected chi connectivity index (χ1v) is 13.6. The molecule has 0 amide bonds. The molecular formula is C22H26ClIN2OS. The van der Waals surface area contributed by atoms with Gasteiger partial charge in [0.05, 0.1) is 6.10 Å². The Morgan fingerprint density at radius 1 is 1.14 bits per heavy atom. The minimum Gasteiger partial charge on any atom is -0.378 e. The highest BCUT2D eigenvalue weighted by molar-refractivity contribution is 14.2. The molecule has 28 heavy (non-hydrogen) atoms. The van der Waals surface area contributed by atoms with Gasteiger partial charge in [0.15, 0.2) is 0 Å². The van der Waals surface area contributed by atoms with E-state index >= 15 is 0 Å². The third-order valence-electron chi connectivity index (χ3n) is 6.00. The molecule has 2 aromatic carbocycles. The fraction of sp³-hybridized carbons (Fsp3) is 0.455. The lowest BCUT2D eigenvalue weighted by molar-refractivity contribution is -0.0516. The molecule has 150 valence electrons. The quantitative estimate of drug-likeness (QED) is 0.368. The van der Waals surface area contributed by atoms with Gasteiger partial charge in [0.25, 0.3) is 0 Å². The molecular weight excluding hydrogens is 503 g/mol. The Labute approximate surface area is 189 Å². The molecule has 2 fully saturated rings. The van der Waals surface area contributed by atoms with Gasteiger partial charge < -0.3 is 10.1 Å². The molecule has 0 aromatic heterocycles. The van der Waals surface area contributed by atoms with Gasteiger partial charge >= 0.3 is 0 Å². The van der Waals surface area contributed by atoms with E-state index in [2.05, 4.69) is 86.3 Å². The molecule has 2 aliphatic heterocycles. The number of fused-ring (bicyclic) bond motifs is 1. The minimum absolute atomic E-state index is 0.285. The second kappa shape index (κ2) is 9.67. The second-order valence-electron chi connectivity index (χ2n) is 7.60. The van der Waals surface area contributed by atoms with Gasteiger partial charge in [0.2, 0.25) is 0 Å². The summed E-state index contributed by atoms with van der Waals surface area (Å²) in [6.45, 7) is 3.90. The molecule has 2 aromatic rings. The lowest BCUT2D eigenvalue weighted by atomic mass is 9.76. The van der Waals surface area contributed by atoms with Crippen LogP contribution in [0.25, 0.3) is 0 Å². The van der Waals surface area contributed by atoms with Crippen LogP contribution in [0.2, 0.25) is 5.02 Å². The Morgan fingerprint density at radius 3 is 2.64 bits per heavy atom. The predicted octanol–water partition coefficient (Wildman–Crippen LogP) is 6.21. The van der Waals surface area contributed by atoms with Crippen LogP contribution in [-0.2, 0) is 4.74 Å². The normalized spacial score (nSPS) is 30.8. The van der Waals surface area contributed by atoms with Crippen molar-refractivity contribution in [3.8, 4) is 0 Å². The number of nitrogens with zero attached hydrogens (tertiary/aromatic N) is 1. The monoisotopic (exact) mass is 528 g/mol. The smallest absolute Gasteiger partial charge is 0.0648 e. The molecule has 3 nitrogen and oxygen atoms in total. The molecule has 1 N–H and O–H groups in total. The molecule has 3 unspecified atom stereocenters. The van der Waals surface area contributed by atoms with Crippen LogP contribution < -0.4 is 5.32 Å². The topological polar surface area (TPSA) is 24.5 Å². The average Bonchev–Trinajstić information content (AvgIpc) is 2.73. The summed E-state index contributed by atoms with van der Waals surface area (Å²) in [5.74, 6) is 0.498. The average molecular weight is 529 g/mol. The molecule has 0 bridgehead atoms. The Morgan fingerprint density at radius 2 is 1.93 bits per heavy atom. The summed E-state index contributed by atoms with van der Waals surface area (Å²) in [5.41, 5.74) is 2.65. The van der Waals surface area contributed by atoms with Crippen molar-refractivity contribution in [3.63, 3.8) is 0 Å². The molecule has 2 heterocycles. The third kappa shape index (κ3) is 4.55. The van der Waals surface area contributed by atoms with Gasteiger partial charge in [-0.25, -0.2) is 4.31 Å². The molecule has 5 atom stereocenters. The lowest BCUT2D eigenvalue weighted by Gasteiger charge is -2.50. The maximum absolute atomic E-state index is 6.30. The zero-order valence-corrected chi connectivity index (χ0v) is 19.7. The van der Waals surface area contributed by atoms with Gasteiger partial charge in [0, 0.05) is 63.4 Å². The number of rotatable bonds is 5. The zero-order chi connectivity index (χ0) is 19.5. The lowest BCUT2D eigenvalue weighted by Crippen LogP contribution is -2.58. The summed E-state index contributed by atoms with van der Waals surface area (Å²) >= 11 is 8.71. The van der Waals surface area contributed by atoms with Crippen molar-refractivity contribution in [1.29, 1.82) is 0 Å². The molecule has 4 rings (SSSR count). The molecule has 0 saturated carbocycles. The highest BCUT2D eigenvalue weighted by atomic mass is 127. The van der Waals surface area contributed by atoms with E-state index in [1.807, 2.05) is 6.07 Å². The number of nitrogens with one attached hydrogen (secondary N) is 1. The minimum atomic E-state index is 0.285. The summed E-state index contributed by atoms with van der Waals surface area (Å²) in [6.07, 6.45) is 2.38. The SMILES string of the molecule is CCOC1CC(c2ccccc2)N[C@H]2CC(c3cccc(Cl)c3)N(SI)C[C@@H]12. The number of piperidine rings is 2. The summed E-state index contributed by atoms with van der Waals surface area (Å²) in [4.78, 5) is 0. The van der Waals surface area contributed by atoms with Crippen molar-refractivity contribution in [3.05, 3.63) is 70.7 Å². The van der Waals surface area contributed by atoms with Crippen molar-refractivity contribution in [1.82, 2.24) is 9.62 Å². The Hall–Kier alpha value is -0.310. The largest absolute Gasteiger partial charge is 0.378 e. The first kappa shape index (κ1) is 20.9. The fourth-order valence-electron chi connectivity index (χ4n) is 4.71. The van der Waals surface area contributed by atoms with Crippen LogP contribution in [-0.4, -0.2) is 29.6 Å². The predicted molar refractivity (Wildman–Crippen MR) is 127 cm³/mol. The number of ether oxygens (including phenoxy) is 1. The standard InChI is InChI=1S/C22H26ClIN2OS/c1-2-27-22-13-19(15-7-4-3-5-8-15)25-20-12-21(26(28-24)14-18(20)22)16-9-6-10-17(23)11-16/h3-11,18-22,25H,2,12-14H2,1H3/t18-,19?,20+,21?,22?/m1/s1. The number of hydrogen-bond acceptors (Lipinski definition) is 4. The van der Waals surface area contributed by atoms with Crippen LogP contribution in [0.1, 0.15) is 43.0 Å². The van der Waals surface area contributed by atoms with Crippen LogP contribution in [0.3, 0.4) is 0 Å². The van der Waals surface area contributed by atoms with Crippen molar-refractivity contribution >= 4 is 41.9 Å². The molecule has 2 aliphatic rings. The Kier molecular flexibility index (Phi) is 7.23. The summed E-state index contributed by atoms with van der Waals surface area (Å²) < 4.78 is 8.76. The van der Waals surface area contributed by atoms with E-state index in [1.54, 1.807) is 9.12 Å². The van der Waals surface area contributed by atoms with Gasteiger partial charge in [0.1, 0.15) is 0 Å². The van der Waals surface area contributed by atoms with E-state index < -0.39 is 0 Å². The van der Waals surface area contributed by atoms with Crippen molar-refractivity contribution in [2.75, 3.05) is 13.2 Å². The van der Waals surface area contributed by atoms with Gasteiger partial charge in [-0.1, -0.05) is 54.1 Å². The highest BCUT2D eigenvalue weighted by Gasteiger charge is 2.45. The molecule has 0 radical (unpaired) electrons. The summed E-state index contributed by atoms with van der Waals surface area (Å²) in [7, 11) is 1.80. The van der Waals surface area contributed by atoms with Crippen LogP contribution in [0.4, 0.5) is 0 Å². The Bertz CT molecular complexity index is 780. The molecule has 0 spiro atoms. The number of hydrogen-bond donors (Lipinski definition) is 1. The van der Waals surface area contributed by atoms with Gasteiger partial charge in [-0.3, -0.25) is 0 Å². The van der Waals surface area contributed by atoms with E-state index in [0.717, 1.165) is 31.0 Å². The highest BCUT2D eigenvalue weighted by Crippen LogP contribution is 2.45. The van der Waals surface area contributed by atoms with E-state index in [4.69, 9.17) is 16.3 Å². The maximum Gasteiger partial charge on any atom is 0.0648 e. The van der Waals surface area contributed by atoms with Crippen LogP contribution in [0.15, 0.2) is 54.6 Å². The van der Waals surface area contributed by atoms with Crippen LogP contribution in [0.5, 0.6) is 0 Å². The summed E-state index contributed by atoms with van der Waals surface area (Å²) in [5, 5.41) is 4.78. The van der Waals surface area contributed by atoms with Crippen molar-refractivity contribution in [2.45, 2.75) is 44.0 Å². The summed E-state index contributed by atoms with van der Waals surface area (Å²) in [6, 6.07) is 20.3. The number of halogens is 2. The molecule has 6 heteroatoms. The van der Waals surface area contributed by atoms with Crippen LogP contribution >= 0.6 is 41.9 Å². The van der Waals surface area contributed by atoms with Crippen LogP contribution in [0, 0.1) is 5.92 Å². The number of benzene rings is 2. The molecule has 0 aliphatic carbocycles. The van der Waals surface area contributed by atoms with E-state index in [-0.39, 0.29) is 6.10 Å². The maximum atomic E-state index is 6.30. The zero-order valence-electron chi connectivity index (χ0n) is 15.9. The fourth-order valence-corrected chi connectivity index (χ4v) is 6.75. The van der Waals surface area contributed by atoms with Gasteiger partial charge in [-0.2, -0.15) is 0 Å². The first-order chi connectivity index (χ1) is 13.7. The Balaban J connectivity index is 1.60. The second-order valence-corrected chi connectivity index (χ2v) is 9.83. The first-order valence-electron chi connectivity index (χ1n) is 9.93.